The number of hydrogen-bond acceptors (Lipinski definition) is 1. The van der Waals surface area contributed by atoms with Crippen LogP contribution in [0.3, 0.4) is 0 Å². The van der Waals surface area contributed by atoms with Crippen molar-refractivity contribution in [1.29, 1.82) is 0 Å². The van der Waals surface area contributed by atoms with Gasteiger partial charge in [-0.15, -0.1) is 0 Å². The van der Waals surface area contributed by atoms with Gasteiger partial charge >= 0.3 is 0 Å². The molecule has 11 heavy (non-hydrogen) atoms. The Balaban J connectivity index is 0.000001000. The summed E-state index contributed by atoms with van der Waals surface area (Å²) < 4.78 is 0. The van der Waals surface area contributed by atoms with Crippen molar-refractivity contribution in [3.05, 3.63) is 28.3 Å². The van der Waals surface area contributed by atoms with Crippen molar-refractivity contribution in [3.8, 4) is 5.75 Å². The summed E-state index contributed by atoms with van der Waals surface area (Å²) in [5.74, 6) is 0.277. The normalized spacial score (nSPS) is 9.00. The topological polar surface area (TPSA) is 20.2 Å². The molecule has 0 aliphatic rings. The first-order valence-corrected chi connectivity index (χ1v) is 3.45. The van der Waals surface area contributed by atoms with Crippen LogP contribution in [0.5, 0.6) is 5.75 Å². The molecule has 0 atom stereocenters. The Labute approximate surface area is 93.7 Å². The Kier molecular flexibility index (Phi) is 4.49. The third-order valence-electron chi connectivity index (χ3n) is 1.42. The van der Waals surface area contributed by atoms with Crippen LogP contribution in [0.4, 0.5) is 0 Å². The monoisotopic (exact) mass is 179 g/mol. The summed E-state index contributed by atoms with van der Waals surface area (Å²) in [6, 6.07) is 3.30. The number of phenolic OH excluding ortho intramolecular Hbond substituents is 1. The van der Waals surface area contributed by atoms with Gasteiger partial charge in [-0.2, -0.15) is 0 Å². The third kappa shape index (κ3) is 2.68. The van der Waals surface area contributed by atoms with Crippen LogP contribution in [0.2, 0.25) is 5.02 Å². The summed E-state index contributed by atoms with van der Waals surface area (Å²) >= 11 is 5.84. The summed E-state index contributed by atoms with van der Waals surface area (Å²) in [6.45, 7) is 3.74. The fourth-order valence-electron chi connectivity index (χ4n) is 0.923. The van der Waals surface area contributed by atoms with Crippen molar-refractivity contribution in [2.75, 3.05) is 0 Å². The largest absolute Gasteiger partial charge is 0.508 e. The van der Waals surface area contributed by atoms with E-state index in [0.717, 1.165) is 16.1 Å². The minimum absolute atomic E-state index is 0. The van der Waals surface area contributed by atoms with Crippen LogP contribution in [0.25, 0.3) is 0 Å². The molecule has 0 unspecified atom stereocenters. The molecule has 0 heterocycles. The van der Waals surface area contributed by atoms with Crippen molar-refractivity contribution < 1.29 is 5.11 Å². The van der Waals surface area contributed by atoms with Crippen molar-refractivity contribution in [2.45, 2.75) is 13.8 Å². The van der Waals surface area contributed by atoms with Gasteiger partial charge in [0, 0.05) is 34.6 Å². The first kappa shape index (κ1) is 11.3. The first-order valence-electron chi connectivity index (χ1n) is 3.07. The number of halogens is 1. The summed E-state index contributed by atoms with van der Waals surface area (Å²) in [6.07, 6.45) is 0. The van der Waals surface area contributed by atoms with E-state index in [9.17, 15) is 0 Å². The van der Waals surface area contributed by atoms with E-state index in [0.29, 0.717) is 0 Å². The van der Waals surface area contributed by atoms with Gasteiger partial charge in [0.25, 0.3) is 0 Å². The molecule has 0 amide bonds. The maximum absolute atomic E-state index is 9.06. The minimum atomic E-state index is 0. The molecule has 0 aliphatic heterocycles. The van der Waals surface area contributed by atoms with Gasteiger partial charge in [-0.05, 0) is 37.1 Å². The predicted molar refractivity (Wildman–Crippen MR) is 48.3 cm³/mol. The van der Waals surface area contributed by atoms with Gasteiger partial charge in [-0.1, -0.05) is 11.6 Å². The van der Waals surface area contributed by atoms with Gasteiger partial charge in [-0.3, -0.25) is 0 Å². The SMILES string of the molecule is Cc1cc(O)cc(C)c1Cl.[Na]. The molecule has 0 aromatic heterocycles. The quantitative estimate of drug-likeness (QED) is 0.606. The van der Waals surface area contributed by atoms with Crippen molar-refractivity contribution in [3.63, 3.8) is 0 Å². The molecular weight excluding hydrogens is 171 g/mol. The second-order valence-electron chi connectivity index (χ2n) is 2.39. The molecule has 1 rings (SSSR count). The molecule has 0 bridgehead atoms. The Bertz CT molecular complexity index is 237. The number of aromatic hydroxyl groups is 1. The molecule has 1 radical (unpaired) electrons. The number of phenols is 1. The average molecular weight is 180 g/mol. The zero-order valence-corrected chi connectivity index (χ0v) is 9.74. The van der Waals surface area contributed by atoms with Gasteiger partial charge in [0.2, 0.25) is 0 Å². The molecule has 3 heteroatoms. The van der Waals surface area contributed by atoms with Gasteiger partial charge in [0.1, 0.15) is 5.75 Å². The van der Waals surface area contributed by atoms with Crippen LogP contribution < -0.4 is 0 Å². The second-order valence-corrected chi connectivity index (χ2v) is 2.77. The summed E-state index contributed by atoms with van der Waals surface area (Å²) in [5.41, 5.74) is 1.83. The van der Waals surface area contributed by atoms with Crippen molar-refractivity contribution in [2.24, 2.45) is 0 Å². The van der Waals surface area contributed by atoms with Crippen molar-refractivity contribution >= 4 is 41.2 Å². The summed E-state index contributed by atoms with van der Waals surface area (Å²) in [5, 5.41) is 9.79. The fraction of sp³-hybridized carbons (Fsp3) is 0.250. The molecule has 0 aliphatic carbocycles. The molecule has 0 saturated heterocycles. The molecule has 55 valence electrons. The van der Waals surface area contributed by atoms with Gasteiger partial charge in [-0.25, -0.2) is 0 Å². The van der Waals surface area contributed by atoms with E-state index in [1.54, 1.807) is 12.1 Å². The maximum Gasteiger partial charge on any atom is 0.116 e. The third-order valence-corrected chi connectivity index (χ3v) is 2.02. The van der Waals surface area contributed by atoms with Crippen LogP contribution >= 0.6 is 11.6 Å². The zero-order valence-electron chi connectivity index (χ0n) is 6.98. The Morgan fingerprint density at radius 2 is 1.55 bits per heavy atom. The second kappa shape index (κ2) is 4.36. The standard InChI is InChI=1S/C8H9ClO.Na/c1-5-3-7(10)4-6(2)8(5)9;/h3-4,10H,1-2H3;. The van der Waals surface area contributed by atoms with Crippen LogP contribution in [-0.4, -0.2) is 34.7 Å². The van der Waals surface area contributed by atoms with E-state index < -0.39 is 0 Å². The Morgan fingerprint density at radius 3 is 1.91 bits per heavy atom. The van der Waals surface area contributed by atoms with Crippen molar-refractivity contribution in [1.82, 2.24) is 0 Å². The van der Waals surface area contributed by atoms with E-state index in [2.05, 4.69) is 0 Å². The van der Waals surface area contributed by atoms with Crippen LogP contribution in [0.1, 0.15) is 11.1 Å². The number of benzene rings is 1. The molecule has 1 N–H and O–H groups in total. The fourth-order valence-corrected chi connectivity index (χ4v) is 1.03. The summed E-state index contributed by atoms with van der Waals surface area (Å²) in [7, 11) is 0. The smallest absolute Gasteiger partial charge is 0.116 e. The van der Waals surface area contributed by atoms with Gasteiger partial charge in [0.15, 0.2) is 0 Å². The molecule has 1 aromatic carbocycles. The van der Waals surface area contributed by atoms with E-state index in [-0.39, 0.29) is 35.3 Å². The average Bonchev–Trinajstić information content (AvgIpc) is 1.82. The molecule has 0 spiro atoms. The number of rotatable bonds is 0. The van der Waals surface area contributed by atoms with Gasteiger partial charge in [0.05, 0.1) is 0 Å². The van der Waals surface area contributed by atoms with Crippen LogP contribution in [-0.2, 0) is 0 Å². The van der Waals surface area contributed by atoms with E-state index >= 15 is 0 Å². The van der Waals surface area contributed by atoms with Gasteiger partial charge < -0.3 is 5.11 Å². The molecular formula is C8H9ClNaO. The Morgan fingerprint density at radius 1 is 1.18 bits per heavy atom. The van der Waals surface area contributed by atoms with Crippen LogP contribution in [0.15, 0.2) is 12.1 Å². The van der Waals surface area contributed by atoms with E-state index in [1.807, 2.05) is 13.8 Å². The molecule has 0 fully saturated rings. The summed E-state index contributed by atoms with van der Waals surface area (Å²) in [4.78, 5) is 0. The Hall–Kier alpha value is 0.310. The molecule has 1 aromatic rings. The minimum Gasteiger partial charge on any atom is -0.508 e. The van der Waals surface area contributed by atoms with E-state index in [4.69, 9.17) is 16.7 Å². The predicted octanol–water partition coefficient (Wildman–Crippen LogP) is 2.28. The number of aryl methyl sites for hydroxylation is 2. The number of hydrogen-bond donors (Lipinski definition) is 1. The van der Waals surface area contributed by atoms with E-state index in [1.165, 1.54) is 0 Å². The molecule has 1 nitrogen and oxygen atoms in total. The molecule has 0 saturated carbocycles. The maximum atomic E-state index is 9.06. The first-order chi connectivity index (χ1) is 4.61. The van der Waals surface area contributed by atoms with Crippen LogP contribution in [0, 0.1) is 13.8 Å². The zero-order chi connectivity index (χ0) is 7.72.